The molecule has 0 N–H and O–H groups in total. The van der Waals surface area contributed by atoms with Crippen LogP contribution in [0.2, 0.25) is 0 Å². The van der Waals surface area contributed by atoms with Crippen LogP contribution in [0.5, 0.6) is 0 Å². The fourth-order valence-corrected chi connectivity index (χ4v) is 0.625. The molecule has 0 bridgehead atoms. The van der Waals surface area contributed by atoms with Gasteiger partial charge in [-0.05, 0) is 6.92 Å². The molecule has 0 aliphatic rings. The maximum atomic E-state index is 10.8. The van der Waals surface area contributed by atoms with E-state index in [-0.39, 0.29) is 44.1 Å². The molecule has 0 aromatic carbocycles. The zero-order valence-electron chi connectivity index (χ0n) is 9.58. The Balaban J connectivity index is 0. The molecule has 6 heteroatoms. The molecule has 0 aromatic rings. The first kappa shape index (κ1) is 17.2. The van der Waals surface area contributed by atoms with Gasteiger partial charge in [0.25, 0.3) is 0 Å². The van der Waals surface area contributed by atoms with Crippen LogP contribution in [0.3, 0.4) is 0 Å². The van der Waals surface area contributed by atoms with Crippen LogP contribution in [0, 0.1) is 0 Å². The van der Waals surface area contributed by atoms with Gasteiger partial charge in [-0.15, -0.1) is 12.3 Å². The van der Waals surface area contributed by atoms with Crippen LogP contribution in [-0.2, 0) is 19.1 Å². The van der Waals surface area contributed by atoms with Gasteiger partial charge in [0.1, 0.15) is 13.2 Å². The van der Waals surface area contributed by atoms with Crippen molar-refractivity contribution in [1.29, 1.82) is 0 Å². The Morgan fingerprint density at radius 3 is 2.12 bits per heavy atom. The second-order valence-electron chi connectivity index (χ2n) is 2.85. The van der Waals surface area contributed by atoms with E-state index < -0.39 is 17.7 Å². The molecule has 0 saturated heterocycles. The number of hydrogen-bond acceptors (Lipinski definition) is 5. The van der Waals surface area contributed by atoms with E-state index in [0.29, 0.717) is 0 Å². The molecule has 0 amide bonds. The smallest absolute Gasteiger partial charge is 0.875 e. The molecule has 0 radical (unpaired) electrons. The minimum atomic E-state index is -0.679. The molecule has 0 heterocycles. The van der Waals surface area contributed by atoms with Gasteiger partial charge in [-0.3, -0.25) is 4.79 Å². The summed E-state index contributed by atoms with van der Waals surface area (Å²) in [6.45, 7) is 7.77. The zero-order chi connectivity index (χ0) is 11.8. The molecule has 84 valence electrons. The van der Waals surface area contributed by atoms with Crippen molar-refractivity contribution >= 4 is 11.9 Å². The Morgan fingerprint density at radius 2 is 1.69 bits per heavy atom. The Kier molecular flexibility index (Phi) is 9.76. The quantitative estimate of drug-likeness (QED) is 0.156. The first-order valence-electron chi connectivity index (χ1n) is 4.26. The second kappa shape index (κ2) is 9.07. The van der Waals surface area contributed by atoms with Crippen LogP contribution >= 0.6 is 0 Å². The van der Waals surface area contributed by atoms with Crippen LogP contribution in [0.25, 0.3) is 0 Å². The van der Waals surface area contributed by atoms with Crippen LogP contribution < -0.4 is 24.0 Å². The normalized spacial score (nSPS) is 8.56. The van der Waals surface area contributed by atoms with E-state index in [1.54, 1.807) is 0 Å². The zero-order valence-corrected chi connectivity index (χ0v) is 9.58. The summed E-state index contributed by atoms with van der Waals surface area (Å²) in [5.41, 5.74) is 0.272. The van der Waals surface area contributed by atoms with E-state index in [0.717, 1.165) is 0 Å². The summed E-state index contributed by atoms with van der Waals surface area (Å²) in [6.07, 6.45) is -0.367. The predicted molar refractivity (Wildman–Crippen MR) is 50.5 cm³/mol. The fourth-order valence-electron chi connectivity index (χ4n) is 0.625. The van der Waals surface area contributed by atoms with Gasteiger partial charge >= 0.3 is 30.8 Å². The SMILES string of the molecule is C=C([O-])CC(=O)OCCOC(=O)C(=C)C.[Li+]. The van der Waals surface area contributed by atoms with Gasteiger partial charge in [-0.25, -0.2) is 4.79 Å². The Bertz CT molecular complexity index is 285. The van der Waals surface area contributed by atoms with Gasteiger partial charge in [0, 0.05) is 5.57 Å². The summed E-state index contributed by atoms with van der Waals surface area (Å²) in [5.74, 6) is -1.74. The molecule has 0 rings (SSSR count). The summed E-state index contributed by atoms with van der Waals surface area (Å²) < 4.78 is 9.22. The molecule has 0 unspecified atom stereocenters. The molecule has 5 nitrogen and oxygen atoms in total. The number of ether oxygens (including phenoxy) is 2. The number of carbonyl (C=O) groups excluding carboxylic acids is 2. The van der Waals surface area contributed by atoms with Crippen LogP contribution in [0.15, 0.2) is 24.5 Å². The third-order valence-electron chi connectivity index (χ3n) is 1.27. The molecule has 0 saturated carbocycles. The van der Waals surface area contributed by atoms with Crippen LogP contribution in [-0.4, -0.2) is 25.2 Å². The van der Waals surface area contributed by atoms with Gasteiger partial charge in [-0.2, -0.15) is 0 Å². The minimum Gasteiger partial charge on any atom is -0.875 e. The van der Waals surface area contributed by atoms with Crippen molar-refractivity contribution in [2.24, 2.45) is 0 Å². The van der Waals surface area contributed by atoms with Crippen molar-refractivity contribution in [2.45, 2.75) is 13.3 Å². The first-order valence-corrected chi connectivity index (χ1v) is 4.26. The second-order valence-corrected chi connectivity index (χ2v) is 2.85. The molecular weight excluding hydrogens is 207 g/mol. The molecule has 0 aliphatic heterocycles. The summed E-state index contributed by atoms with van der Waals surface area (Å²) in [5, 5.41) is 10.4. The fraction of sp³-hybridized carbons (Fsp3) is 0.400. The van der Waals surface area contributed by atoms with E-state index in [1.165, 1.54) is 6.92 Å². The Labute approximate surface area is 106 Å². The van der Waals surface area contributed by atoms with Crippen molar-refractivity contribution in [2.75, 3.05) is 13.2 Å². The van der Waals surface area contributed by atoms with Crippen molar-refractivity contribution in [3.63, 3.8) is 0 Å². The monoisotopic (exact) mass is 220 g/mol. The van der Waals surface area contributed by atoms with E-state index in [2.05, 4.69) is 22.6 Å². The molecule has 0 spiro atoms. The van der Waals surface area contributed by atoms with E-state index in [9.17, 15) is 14.7 Å². The number of esters is 2. The average molecular weight is 220 g/mol. The molecule has 0 aromatic heterocycles. The number of rotatable bonds is 6. The maximum absolute atomic E-state index is 10.8. The Hall–Kier alpha value is -1.18. The molecule has 0 aliphatic carbocycles. The Morgan fingerprint density at radius 1 is 1.19 bits per heavy atom. The summed E-state index contributed by atoms with van der Waals surface area (Å²) in [7, 11) is 0. The largest absolute Gasteiger partial charge is 1.00 e. The average Bonchev–Trinajstić information content (AvgIpc) is 2.10. The van der Waals surface area contributed by atoms with E-state index in [1.807, 2.05) is 0 Å². The van der Waals surface area contributed by atoms with E-state index >= 15 is 0 Å². The van der Waals surface area contributed by atoms with Gasteiger partial charge < -0.3 is 14.6 Å². The standard InChI is InChI=1S/C10H14O5.Li/c1-7(2)10(13)15-5-4-14-9(12)6-8(3)11;/h11H,1,3-6H2,2H3;/q;+1/p-1. The van der Waals surface area contributed by atoms with Gasteiger partial charge in [0.05, 0.1) is 6.42 Å². The number of carbonyl (C=O) groups is 2. The van der Waals surface area contributed by atoms with Gasteiger partial charge in [0.15, 0.2) is 0 Å². The van der Waals surface area contributed by atoms with Crippen molar-refractivity contribution in [3.8, 4) is 0 Å². The third kappa shape index (κ3) is 9.38. The minimum absolute atomic E-state index is 0. The van der Waals surface area contributed by atoms with Gasteiger partial charge in [0.2, 0.25) is 0 Å². The molecule has 16 heavy (non-hydrogen) atoms. The summed E-state index contributed by atoms with van der Waals surface area (Å²) in [4.78, 5) is 21.6. The predicted octanol–water partition coefficient (Wildman–Crippen LogP) is -3.08. The third-order valence-corrected chi connectivity index (χ3v) is 1.27. The van der Waals surface area contributed by atoms with Crippen LogP contribution in [0.1, 0.15) is 13.3 Å². The molecule has 0 atom stereocenters. The molecule has 0 fully saturated rings. The summed E-state index contributed by atoms with van der Waals surface area (Å²) in [6, 6.07) is 0. The van der Waals surface area contributed by atoms with Crippen molar-refractivity contribution in [1.82, 2.24) is 0 Å². The maximum Gasteiger partial charge on any atom is 1.00 e. The molecular formula is C10H13LiO5. The first-order chi connectivity index (χ1) is 6.93. The van der Waals surface area contributed by atoms with Crippen molar-refractivity contribution in [3.05, 3.63) is 24.5 Å². The summed E-state index contributed by atoms with van der Waals surface area (Å²) >= 11 is 0. The van der Waals surface area contributed by atoms with Crippen LogP contribution in [0.4, 0.5) is 0 Å². The number of hydrogen-bond donors (Lipinski definition) is 0. The van der Waals surface area contributed by atoms with Crippen molar-refractivity contribution < 1.29 is 43.0 Å². The van der Waals surface area contributed by atoms with E-state index in [4.69, 9.17) is 0 Å². The topological polar surface area (TPSA) is 75.7 Å². The van der Waals surface area contributed by atoms with Gasteiger partial charge in [-0.1, -0.05) is 6.58 Å².